The quantitative estimate of drug-likeness (QED) is 0.825. The zero-order valence-electron chi connectivity index (χ0n) is 13.4. The Morgan fingerprint density at radius 3 is 3.00 bits per heavy atom. The van der Waals surface area contributed by atoms with Crippen molar-refractivity contribution < 1.29 is 9.53 Å². The fourth-order valence-corrected chi connectivity index (χ4v) is 2.76. The molecule has 0 spiro atoms. The molecule has 24 heavy (non-hydrogen) atoms. The van der Waals surface area contributed by atoms with E-state index in [-0.39, 0.29) is 23.8 Å². The van der Waals surface area contributed by atoms with E-state index < -0.39 is 11.2 Å². The largest absolute Gasteiger partial charge is 0.493 e. The highest BCUT2D eigenvalue weighted by molar-refractivity contribution is 5.78. The maximum atomic E-state index is 12.1. The van der Waals surface area contributed by atoms with Crippen LogP contribution in [0.2, 0.25) is 0 Å². The van der Waals surface area contributed by atoms with Gasteiger partial charge in [0.05, 0.1) is 13.0 Å². The molecule has 1 amide bonds. The lowest BCUT2D eigenvalue weighted by atomic mass is 9.97. The Morgan fingerprint density at radius 2 is 2.17 bits per heavy atom. The van der Waals surface area contributed by atoms with Gasteiger partial charge < -0.3 is 15.0 Å². The van der Waals surface area contributed by atoms with Gasteiger partial charge in [-0.15, -0.1) is 0 Å². The Morgan fingerprint density at radius 1 is 1.38 bits per heavy atom. The molecule has 0 fully saturated rings. The smallest absolute Gasteiger partial charge is 0.328 e. The van der Waals surface area contributed by atoms with Crippen molar-refractivity contribution >= 4 is 5.91 Å². The van der Waals surface area contributed by atoms with Crippen LogP contribution in [-0.2, 0) is 24.7 Å². The number of carbonyl (C=O) groups is 1. The van der Waals surface area contributed by atoms with Crippen LogP contribution in [0.25, 0.3) is 0 Å². The summed E-state index contributed by atoms with van der Waals surface area (Å²) in [6.45, 7) is 1.04. The number of rotatable bonds is 4. The molecule has 126 valence electrons. The van der Waals surface area contributed by atoms with E-state index >= 15 is 0 Å². The number of para-hydroxylation sites is 1. The maximum Gasteiger partial charge on any atom is 0.328 e. The van der Waals surface area contributed by atoms with Crippen LogP contribution in [0.4, 0.5) is 0 Å². The molecular weight excluding hydrogens is 310 g/mol. The van der Waals surface area contributed by atoms with Gasteiger partial charge in [-0.2, -0.15) is 0 Å². The van der Waals surface area contributed by atoms with Gasteiger partial charge in [0.15, 0.2) is 0 Å². The van der Waals surface area contributed by atoms with Crippen molar-refractivity contribution in [3.05, 3.63) is 62.4 Å². The number of aromatic amines is 1. The molecule has 2 heterocycles. The van der Waals surface area contributed by atoms with Crippen molar-refractivity contribution in [2.24, 2.45) is 13.0 Å². The Labute approximate surface area is 138 Å². The second kappa shape index (κ2) is 6.74. The molecule has 2 N–H and O–H groups in total. The molecule has 7 heteroatoms. The highest BCUT2D eigenvalue weighted by atomic mass is 16.5. The second-order valence-corrected chi connectivity index (χ2v) is 5.95. The lowest BCUT2D eigenvalue weighted by Gasteiger charge is -2.25. The first kappa shape index (κ1) is 16.0. The van der Waals surface area contributed by atoms with Crippen molar-refractivity contribution in [3.8, 4) is 5.75 Å². The maximum absolute atomic E-state index is 12.1. The molecule has 1 aromatic heterocycles. The molecule has 1 aromatic carbocycles. The van der Waals surface area contributed by atoms with Crippen LogP contribution in [0.15, 0.2) is 40.1 Å². The van der Waals surface area contributed by atoms with Crippen molar-refractivity contribution in [2.45, 2.75) is 12.8 Å². The summed E-state index contributed by atoms with van der Waals surface area (Å²) in [5, 5.41) is 2.83. The van der Waals surface area contributed by atoms with E-state index in [2.05, 4.69) is 10.3 Å². The van der Waals surface area contributed by atoms with E-state index in [4.69, 9.17) is 4.74 Å². The summed E-state index contributed by atoms with van der Waals surface area (Å²) in [5.74, 6) is 0.845. The third kappa shape index (κ3) is 3.40. The molecule has 3 rings (SSSR count). The predicted molar refractivity (Wildman–Crippen MR) is 88.1 cm³/mol. The number of benzene rings is 1. The average Bonchev–Trinajstić information content (AvgIpc) is 2.60. The molecule has 1 aliphatic heterocycles. The zero-order valence-corrected chi connectivity index (χ0v) is 13.4. The molecule has 1 aliphatic rings. The number of H-pyrrole nitrogens is 1. The van der Waals surface area contributed by atoms with Crippen LogP contribution in [-0.4, -0.2) is 28.6 Å². The number of hydrogen-bond donors (Lipinski definition) is 2. The van der Waals surface area contributed by atoms with Gasteiger partial charge in [-0.05, 0) is 18.1 Å². The van der Waals surface area contributed by atoms with Crippen molar-refractivity contribution in [1.29, 1.82) is 0 Å². The summed E-state index contributed by atoms with van der Waals surface area (Å²) in [4.78, 5) is 37.7. The van der Waals surface area contributed by atoms with Gasteiger partial charge in [-0.1, -0.05) is 18.2 Å². The first-order valence-corrected chi connectivity index (χ1v) is 7.79. The topological polar surface area (TPSA) is 93.2 Å². The van der Waals surface area contributed by atoms with E-state index in [0.29, 0.717) is 13.2 Å². The highest BCUT2D eigenvalue weighted by Crippen LogP contribution is 2.26. The Balaban J connectivity index is 1.56. The van der Waals surface area contributed by atoms with Gasteiger partial charge in [0.1, 0.15) is 5.75 Å². The van der Waals surface area contributed by atoms with E-state index in [1.54, 1.807) is 0 Å². The van der Waals surface area contributed by atoms with Gasteiger partial charge in [0, 0.05) is 31.3 Å². The van der Waals surface area contributed by atoms with Crippen LogP contribution >= 0.6 is 0 Å². The number of hydrogen-bond acceptors (Lipinski definition) is 4. The highest BCUT2D eigenvalue weighted by Gasteiger charge is 2.20. The summed E-state index contributed by atoms with van der Waals surface area (Å²) < 4.78 is 6.64. The van der Waals surface area contributed by atoms with Gasteiger partial charge in [-0.25, -0.2) is 4.79 Å². The van der Waals surface area contributed by atoms with Gasteiger partial charge in [0.25, 0.3) is 5.56 Å². The van der Waals surface area contributed by atoms with Gasteiger partial charge in [-0.3, -0.25) is 14.2 Å². The number of nitrogens with zero attached hydrogens (tertiary/aromatic N) is 1. The van der Waals surface area contributed by atoms with Crippen LogP contribution in [0, 0.1) is 5.92 Å². The molecule has 0 bridgehead atoms. The fourth-order valence-electron chi connectivity index (χ4n) is 2.76. The molecule has 2 aromatic rings. The number of ether oxygens (including phenoxy) is 1. The Kier molecular flexibility index (Phi) is 4.50. The van der Waals surface area contributed by atoms with E-state index in [9.17, 15) is 14.4 Å². The van der Waals surface area contributed by atoms with Crippen LogP contribution < -0.4 is 21.3 Å². The monoisotopic (exact) mass is 329 g/mol. The summed E-state index contributed by atoms with van der Waals surface area (Å²) in [6.07, 6.45) is 2.08. The minimum absolute atomic E-state index is 0.0619. The number of fused-ring (bicyclic) bond motifs is 1. The van der Waals surface area contributed by atoms with Crippen molar-refractivity contribution in [3.63, 3.8) is 0 Å². The average molecular weight is 329 g/mol. The Bertz CT molecular complexity index is 869. The number of carbonyl (C=O) groups excluding carboxylic acids is 1. The Hall–Kier alpha value is -2.83. The lowest BCUT2D eigenvalue weighted by molar-refractivity contribution is -0.120. The number of amides is 1. The van der Waals surface area contributed by atoms with Crippen molar-refractivity contribution in [2.75, 3.05) is 13.2 Å². The molecule has 0 saturated heterocycles. The molecule has 7 nitrogen and oxygen atoms in total. The lowest BCUT2D eigenvalue weighted by Crippen LogP contribution is -2.38. The van der Waals surface area contributed by atoms with E-state index in [0.717, 1.165) is 22.3 Å². The van der Waals surface area contributed by atoms with Gasteiger partial charge in [0.2, 0.25) is 5.91 Å². The van der Waals surface area contributed by atoms with Crippen LogP contribution in [0.3, 0.4) is 0 Å². The van der Waals surface area contributed by atoms with Crippen LogP contribution in [0.1, 0.15) is 11.1 Å². The first-order valence-electron chi connectivity index (χ1n) is 7.79. The summed E-state index contributed by atoms with van der Waals surface area (Å²) in [5.41, 5.74) is 0.448. The second-order valence-electron chi connectivity index (χ2n) is 5.95. The molecular formula is C17H19N3O4. The SMILES string of the molecule is Cn1c(=O)[nH]cc(CC(=O)NCC2COc3ccccc3C2)c1=O. The standard InChI is InChI=1S/C17H19N3O4/c1-20-16(22)13(9-19-17(20)23)7-15(21)18-8-11-6-12-4-2-3-5-14(12)24-10-11/h2-5,9,11H,6-8,10H2,1H3,(H,18,21)(H,19,23). The molecule has 0 aliphatic carbocycles. The summed E-state index contributed by atoms with van der Waals surface area (Å²) in [7, 11) is 1.37. The van der Waals surface area contributed by atoms with Gasteiger partial charge >= 0.3 is 5.69 Å². The number of nitrogens with one attached hydrogen (secondary N) is 2. The first-order chi connectivity index (χ1) is 11.5. The molecule has 0 saturated carbocycles. The predicted octanol–water partition coefficient (Wildman–Crippen LogP) is -0.0164. The van der Waals surface area contributed by atoms with E-state index in [1.165, 1.54) is 13.2 Å². The zero-order chi connectivity index (χ0) is 17.1. The summed E-state index contributed by atoms with van der Waals surface area (Å²) in [6, 6.07) is 7.87. The molecule has 0 radical (unpaired) electrons. The normalized spacial score (nSPS) is 16.1. The van der Waals surface area contributed by atoms with Crippen LogP contribution in [0.5, 0.6) is 5.75 Å². The molecule has 1 unspecified atom stereocenters. The molecule has 1 atom stereocenters. The third-order valence-corrected chi connectivity index (χ3v) is 4.15. The minimum atomic E-state index is -0.498. The number of aromatic nitrogens is 2. The summed E-state index contributed by atoms with van der Waals surface area (Å²) >= 11 is 0. The fraction of sp³-hybridized carbons (Fsp3) is 0.353. The third-order valence-electron chi connectivity index (χ3n) is 4.15. The minimum Gasteiger partial charge on any atom is -0.493 e. The van der Waals surface area contributed by atoms with Crippen molar-refractivity contribution in [1.82, 2.24) is 14.9 Å². The van der Waals surface area contributed by atoms with E-state index in [1.807, 2.05) is 24.3 Å².